The first-order chi connectivity index (χ1) is 14.1. The van der Waals surface area contributed by atoms with E-state index in [1.54, 1.807) is 0 Å². The summed E-state index contributed by atoms with van der Waals surface area (Å²) in [4.78, 5) is 3.03. The molecule has 0 radical (unpaired) electrons. The third-order valence-electron chi connectivity index (χ3n) is 6.34. The number of thiophene rings is 2. The summed E-state index contributed by atoms with van der Waals surface area (Å²) in [6.45, 7) is 9.25. The van der Waals surface area contributed by atoms with Crippen molar-refractivity contribution in [2.75, 3.05) is 0 Å². The molecule has 0 saturated heterocycles. The summed E-state index contributed by atoms with van der Waals surface area (Å²) in [5.74, 6) is 0. The van der Waals surface area contributed by atoms with Gasteiger partial charge in [0.15, 0.2) is 0 Å². The van der Waals surface area contributed by atoms with Crippen molar-refractivity contribution in [1.82, 2.24) is 0 Å². The van der Waals surface area contributed by atoms with E-state index in [0.29, 0.717) is 0 Å². The predicted molar refractivity (Wildman–Crippen MR) is 139 cm³/mol. The quantitative estimate of drug-likeness (QED) is 0.148. The summed E-state index contributed by atoms with van der Waals surface area (Å²) in [5.41, 5.74) is 0. The van der Waals surface area contributed by atoms with E-state index in [0.717, 1.165) is 0 Å². The molecule has 0 N–H and O–H groups in total. The fourth-order valence-corrected chi connectivity index (χ4v) is 28.3. The van der Waals surface area contributed by atoms with Crippen LogP contribution in [0.2, 0.25) is 8.87 Å². The Morgan fingerprint density at radius 3 is 1.28 bits per heavy atom. The van der Waals surface area contributed by atoms with Gasteiger partial charge in [-0.25, -0.2) is 0 Å². The van der Waals surface area contributed by atoms with Crippen LogP contribution < -0.4 is 5.79 Å². The second kappa shape index (κ2) is 14.3. The molecular formula is C26H44S2Sn. The number of hydrogen-bond acceptors (Lipinski definition) is 2. The van der Waals surface area contributed by atoms with Crippen molar-refractivity contribution in [3.05, 3.63) is 34.0 Å². The van der Waals surface area contributed by atoms with E-state index in [-0.39, 0.29) is 0 Å². The first-order valence-corrected chi connectivity index (χ1v) is 20.8. The van der Waals surface area contributed by atoms with Gasteiger partial charge in [0.25, 0.3) is 0 Å². The molecule has 0 aliphatic heterocycles. The van der Waals surface area contributed by atoms with Crippen LogP contribution in [-0.2, 0) is 0 Å². The van der Waals surface area contributed by atoms with Crippen molar-refractivity contribution in [2.45, 2.75) is 114 Å². The van der Waals surface area contributed by atoms with Gasteiger partial charge in [0.2, 0.25) is 0 Å². The number of unbranched alkanes of at least 4 members (excludes halogenated alkanes) is 10. The van der Waals surface area contributed by atoms with Crippen molar-refractivity contribution < 1.29 is 0 Å². The molecule has 0 spiro atoms. The molecule has 0 aromatic carbocycles. The molecule has 2 aromatic rings. The number of aryl methyl sites for hydroxylation is 2. The van der Waals surface area contributed by atoms with Gasteiger partial charge >= 0.3 is 194 Å². The Kier molecular flexibility index (Phi) is 12.6. The summed E-state index contributed by atoms with van der Waals surface area (Å²) >= 11 is 1.73. The minimum atomic E-state index is -2.56. The first kappa shape index (κ1) is 25.5. The van der Waals surface area contributed by atoms with E-state index in [1.807, 2.05) is 5.79 Å². The zero-order valence-electron chi connectivity index (χ0n) is 19.5. The number of hydrogen-bond donors (Lipinski definition) is 0. The Hall–Kier alpha value is 0.199. The Morgan fingerprint density at radius 1 is 0.552 bits per heavy atom. The second-order valence-electron chi connectivity index (χ2n) is 8.94. The van der Waals surface area contributed by atoms with Gasteiger partial charge in [-0.2, -0.15) is 0 Å². The Labute approximate surface area is 193 Å². The van der Waals surface area contributed by atoms with Crippen molar-refractivity contribution in [2.24, 2.45) is 0 Å². The zero-order valence-corrected chi connectivity index (χ0v) is 24.0. The summed E-state index contributed by atoms with van der Waals surface area (Å²) in [7, 11) is 0. The maximum atomic E-state index is 2.54. The van der Waals surface area contributed by atoms with Crippen LogP contribution in [0.5, 0.6) is 0 Å². The van der Waals surface area contributed by atoms with E-state index in [4.69, 9.17) is 0 Å². The van der Waals surface area contributed by atoms with E-state index < -0.39 is 18.4 Å². The van der Waals surface area contributed by atoms with Crippen molar-refractivity contribution >= 4 is 46.8 Å². The molecule has 0 aliphatic rings. The molecule has 0 unspecified atom stereocenters. The molecule has 0 nitrogen and oxygen atoms in total. The molecule has 0 atom stereocenters. The van der Waals surface area contributed by atoms with Gasteiger partial charge in [0.1, 0.15) is 0 Å². The monoisotopic (exact) mass is 540 g/mol. The van der Waals surface area contributed by atoms with Gasteiger partial charge in [0.05, 0.1) is 0 Å². The Bertz CT molecular complexity index is 612. The normalized spacial score (nSPS) is 12.0. The Morgan fingerprint density at radius 2 is 0.931 bits per heavy atom. The van der Waals surface area contributed by atoms with Gasteiger partial charge in [-0.1, -0.05) is 0 Å². The van der Waals surface area contributed by atoms with Crippen LogP contribution in [0.3, 0.4) is 0 Å². The second-order valence-corrected chi connectivity index (χ2v) is 25.7. The average molecular weight is 539 g/mol. The molecule has 0 saturated carbocycles. The number of rotatable bonds is 16. The summed E-state index contributed by atoms with van der Waals surface area (Å²) in [5, 5.41) is 0. The van der Waals surface area contributed by atoms with Crippen LogP contribution >= 0.6 is 22.7 Å². The van der Waals surface area contributed by atoms with Crippen LogP contribution in [0.1, 0.15) is 101 Å². The summed E-state index contributed by atoms with van der Waals surface area (Å²) in [6, 6.07) is 9.88. The molecule has 2 aromatic heterocycles. The van der Waals surface area contributed by atoms with Crippen LogP contribution in [0.25, 0.3) is 0 Å². The fraction of sp³-hybridized carbons (Fsp3) is 0.692. The van der Waals surface area contributed by atoms with Crippen LogP contribution in [0.15, 0.2) is 24.3 Å². The van der Waals surface area contributed by atoms with Crippen molar-refractivity contribution in [3.8, 4) is 0 Å². The molecule has 0 amide bonds. The average Bonchev–Trinajstić information content (AvgIpc) is 3.34. The molecule has 0 fully saturated rings. The van der Waals surface area contributed by atoms with E-state index >= 15 is 0 Å². The van der Waals surface area contributed by atoms with Gasteiger partial charge in [0, 0.05) is 0 Å². The topological polar surface area (TPSA) is 0 Å². The van der Waals surface area contributed by atoms with Gasteiger partial charge in [-0.05, 0) is 0 Å². The molecular weight excluding hydrogens is 495 g/mol. The SMILES string of the molecule is CCCCCCC[CH2][Sn]([CH2]CCCCCCC)([c]1ccc(C)s1)[c]1ccc(C)s1. The van der Waals surface area contributed by atoms with Crippen LogP contribution in [0.4, 0.5) is 0 Å². The zero-order chi connectivity index (χ0) is 21.0. The summed E-state index contributed by atoms with van der Waals surface area (Å²) in [6.07, 6.45) is 17.1. The third kappa shape index (κ3) is 8.33. The molecule has 0 bridgehead atoms. The third-order valence-corrected chi connectivity index (χ3v) is 28.2. The van der Waals surface area contributed by atoms with Gasteiger partial charge in [-0.15, -0.1) is 0 Å². The van der Waals surface area contributed by atoms with Gasteiger partial charge < -0.3 is 0 Å². The van der Waals surface area contributed by atoms with Crippen LogP contribution in [0, 0.1) is 13.8 Å². The van der Waals surface area contributed by atoms with Gasteiger partial charge in [-0.3, -0.25) is 0 Å². The fourth-order valence-electron chi connectivity index (χ4n) is 4.54. The molecule has 2 heterocycles. The molecule has 0 aliphatic carbocycles. The molecule has 3 heteroatoms. The van der Waals surface area contributed by atoms with Crippen LogP contribution in [-0.4, -0.2) is 18.4 Å². The molecule has 29 heavy (non-hydrogen) atoms. The minimum absolute atomic E-state index is 1.35. The Balaban J connectivity index is 2.13. The van der Waals surface area contributed by atoms with E-state index in [9.17, 15) is 0 Å². The standard InChI is InChI=1S/2C8H17.2C5H5S.Sn/c2*1-3-5-7-8-6-4-2;2*1-5-3-2-4-6-5;/h2*1,3-8H2,2H3;2*2-3H,1H3;. The van der Waals surface area contributed by atoms with E-state index in [2.05, 4.69) is 74.6 Å². The van der Waals surface area contributed by atoms with Crippen molar-refractivity contribution in [1.29, 1.82) is 0 Å². The first-order valence-electron chi connectivity index (χ1n) is 12.3. The predicted octanol–water partition coefficient (Wildman–Crippen LogP) is 8.71. The summed E-state index contributed by atoms with van der Waals surface area (Å²) < 4.78 is 6.74. The molecule has 2 rings (SSSR count). The van der Waals surface area contributed by atoms with Crippen molar-refractivity contribution in [3.63, 3.8) is 0 Å². The van der Waals surface area contributed by atoms with E-state index in [1.165, 1.54) is 95.7 Å². The molecule has 164 valence electrons. The maximum absolute atomic E-state index is 2.56.